The standard InChI is InChI=1S/C18H22Cl2N9/c1-26(9-10-27(2)17-22-15(19)21-16(20)23-17)14-7-5-13(6-8-14)24-25-18-28(3)11-12-29(18)4/h5-8,11-12H,9-10H2,1-4H3/q+1. The minimum absolute atomic E-state index is 0.0777. The summed E-state index contributed by atoms with van der Waals surface area (Å²) in [4.78, 5) is 15.9. The number of anilines is 2. The van der Waals surface area contributed by atoms with Gasteiger partial charge in [-0.2, -0.15) is 15.0 Å². The van der Waals surface area contributed by atoms with Crippen LogP contribution in [0.1, 0.15) is 0 Å². The molecule has 0 unspecified atom stereocenters. The maximum atomic E-state index is 5.84. The minimum Gasteiger partial charge on any atom is -0.373 e. The molecule has 0 aliphatic heterocycles. The number of rotatable bonds is 7. The molecule has 152 valence electrons. The highest BCUT2D eigenvalue weighted by Gasteiger charge is 2.11. The van der Waals surface area contributed by atoms with Crippen LogP contribution in [0.2, 0.25) is 10.6 Å². The molecule has 0 bridgehead atoms. The summed E-state index contributed by atoms with van der Waals surface area (Å²) >= 11 is 11.7. The largest absolute Gasteiger partial charge is 0.421 e. The topological polar surface area (TPSA) is 78.7 Å². The molecule has 3 rings (SSSR count). The molecule has 0 amide bonds. The van der Waals surface area contributed by atoms with Crippen molar-refractivity contribution in [3.8, 4) is 0 Å². The van der Waals surface area contributed by atoms with Gasteiger partial charge >= 0.3 is 5.95 Å². The molecule has 0 saturated carbocycles. The summed E-state index contributed by atoms with van der Waals surface area (Å²) < 4.78 is 3.82. The van der Waals surface area contributed by atoms with Crippen molar-refractivity contribution in [1.82, 2.24) is 19.5 Å². The number of aryl methyl sites for hydroxylation is 2. The van der Waals surface area contributed by atoms with Crippen LogP contribution in [-0.2, 0) is 14.1 Å². The molecule has 2 heterocycles. The molecular formula is C18H22Cl2N9+. The van der Waals surface area contributed by atoms with Crippen molar-refractivity contribution < 1.29 is 4.57 Å². The predicted molar refractivity (Wildman–Crippen MR) is 114 cm³/mol. The summed E-state index contributed by atoms with van der Waals surface area (Å²) in [6.07, 6.45) is 3.87. The van der Waals surface area contributed by atoms with Crippen molar-refractivity contribution in [2.45, 2.75) is 0 Å². The third kappa shape index (κ3) is 5.39. The molecule has 0 aliphatic carbocycles. The second-order valence-corrected chi connectivity index (χ2v) is 7.23. The van der Waals surface area contributed by atoms with E-state index in [1.54, 1.807) is 0 Å². The molecular weight excluding hydrogens is 413 g/mol. The van der Waals surface area contributed by atoms with Gasteiger partial charge in [-0.05, 0) is 47.5 Å². The lowest BCUT2D eigenvalue weighted by atomic mass is 10.2. The highest BCUT2D eigenvalue weighted by atomic mass is 35.5. The van der Waals surface area contributed by atoms with Crippen molar-refractivity contribution in [1.29, 1.82) is 0 Å². The van der Waals surface area contributed by atoms with Gasteiger partial charge in [-0.15, -0.1) is 0 Å². The number of halogens is 2. The minimum atomic E-state index is 0.0777. The molecule has 0 atom stereocenters. The summed E-state index contributed by atoms with van der Waals surface area (Å²) in [5.74, 6) is 1.21. The Bertz CT molecular complexity index is 961. The van der Waals surface area contributed by atoms with Gasteiger partial charge in [0.25, 0.3) is 0 Å². The van der Waals surface area contributed by atoms with E-state index in [4.69, 9.17) is 23.2 Å². The van der Waals surface area contributed by atoms with Crippen LogP contribution < -0.4 is 14.4 Å². The fourth-order valence-electron chi connectivity index (χ4n) is 2.62. The molecule has 9 nitrogen and oxygen atoms in total. The van der Waals surface area contributed by atoms with Crippen LogP contribution in [0.4, 0.5) is 23.3 Å². The number of hydrogen-bond donors (Lipinski definition) is 0. The van der Waals surface area contributed by atoms with Crippen LogP contribution in [0.3, 0.4) is 0 Å². The van der Waals surface area contributed by atoms with Gasteiger partial charge in [0.1, 0.15) is 5.69 Å². The smallest absolute Gasteiger partial charge is 0.373 e. The van der Waals surface area contributed by atoms with Crippen LogP contribution in [0.5, 0.6) is 0 Å². The summed E-state index contributed by atoms with van der Waals surface area (Å²) in [6, 6.07) is 7.90. The van der Waals surface area contributed by atoms with Crippen LogP contribution in [-0.4, -0.2) is 46.7 Å². The summed E-state index contributed by atoms with van der Waals surface area (Å²) in [5, 5.41) is 8.77. The molecule has 3 aromatic rings. The molecule has 0 N–H and O–H groups in total. The molecule has 0 aliphatic rings. The van der Waals surface area contributed by atoms with Gasteiger partial charge in [0.2, 0.25) is 16.5 Å². The Morgan fingerprint density at radius 3 is 2.17 bits per heavy atom. The zero-order valence-electron chi connectivity index (χ0n) is 16.7. The van der Waals surface area contributed by atoms with Crippen molar-refractivity contribution in [3.05, 3.63) is 47.2 Å². The Kier molecular flexibility index (Phi) is 6.60. The molecule has 29 heavy (non-hydrogen) atoms. The van der Waals surface area contributed by atoms with E-state index < -0.39 is 0 Å². The predicted octanol–water partition coefficient (Wildman–Crippen LogP) is 3.33. The second-order valence-electron chi connectivity index (χ2n) is 6.55. The first-order chi connectivity index (χ1) is 13.8. The summed E-state index contributed by atoms with van der Waals surface area (Å²) in [6.45, 7) is 1.43. The number of likely N-dealkylation sites (N-methyl/N-ethyl adjacent to an activating group) is 2. The van der Waals surface area contributed by atoms with Gasteiger partial charge in [-0.3, -0.25) is 0 Å². The van der Waals surface area contributed by atoms with Crippen molar-refractivity contribution >= 4 is 46.5 Å². The average molecular weight is 435 g/mol. The molecule has 11 heteroatoms. The number of imidazole rings is 1. The van der Waals surface area contributed by atoms with Crippen molar-refractivity contribution in [2.24, 2.45) is 24.3 Å². The average Bonchev–Trinajstić information content (AvgIpc) is 3.01. The SMILES string of the molecule is CN(CCN(C)c1nc(Cl)nc(Cl)n1)c1ccc(N=Nc2n(C)cc[n+]2C)cc1. The Labute approximate surface area is 179 Å². The molecule has 1 aromatic carbocycles. The van der Waals surface area contributed by atoms with E-state index in [0.717, 1.165) is 23.9 Å². The second kappa shape index (κ2) is 9.15. The van der Waals surface area contributed by atoms with Crippen LogP contribution in [0.25, 0.3) is 0 Å². The van der Waals surface area contributed by atoms with E-state index in [1.807, 2.05) is 78.9 Å². The highest BCUT2D eigenvalue weighted by Crippen LogP contribution is 2.21. The van der Waals surface area contributed by atoms with Gasteiger partial charge < -0.3 is 9.80 Å². The molecule has 0 fully saturated rings. The highest BCUT2D eigenvalue weighted by molar-refractivity contribution is 6.31. The van der Waals surface area contributed by atoms with E-state index in [2.05, 4.69) is 30.1 Å². The normalized spacial score (nSPS) is 11.2. The van der Waals surface area contributed by atoms with E-state index in [9.17, 15) is 0 Å². The fraction of sp³-hybridized carbons (Fsp3) is 0.333. The third-order valence-electron chi connectivity index (χ3n) is 4.37. The monoisotopic (exact) mass is 434 g/mol. The number of azo groups is 1. The number of aromatic nitrogens is 5. The third-order valence-corrected chi connectivity index (χ3v) is 4.71. The fourth-order valence-corrected chi connectivity index (χ4v) is 2.97. The summed E-state index contributed by atoms with van der Waals surface area (Å²) in [5.41, 5.74) is 1.85. The summed E-state index contributed by atoms with van der Waals surface area (Å²) in [7, 11) is 7.76. The lowest BCUT2D eigenvalue weighted by Crippen LogP contribution is -2.31. The Balaban J connectivity index is 1.59. The van der Waals surface area contributed by atoms with Gasteiger partial charge in [-0.25, -0.2) is 9.13 Å². The first kappa shape index (κ1) is 20.9. The molecule has 0 spiro atoms. The lowest BCUT2D eigenvalue weighted by Gasteiger charge is -2.23. The maximum Gasteiger partial charge on any atom is 0.421 e. The first-order valence-corrected chi connectivity index (χ1v) is 9.61. The van der Waals surface area contributed by atoms with E-state index in [1.165, 1.54) is 0 Å². The number of hydrogen-bond acceptors (Lipinski definition) is 7. The van der Waals surface area contributed by atoms with Crippen LogP contribution >= 0.6 is 23.2 Å². The van der Waals surface area contributed by atoms with Crippen LogP contribution in [0, 0.1) is 0 Å². The van der Waals surface area contributed by atoms with Crippen molar-refractivity contribution in [2.75, 3.05) is 37.0 Å². The van der Waals surface area contributed by atoms with Gasteiger partial charge in [-0.1, -0.05) is 5.11 Å². The van der Waals surface area contributed by atoms with Gasteiger partial charge in [0, 0.05) is 38.0 Å². The quantitative estimate of drug-likeness (QED) is 0.420. The van der Waals surface area contributed by atoms with Crippen molar-refractivity contribution in [3.63, 3.8) is 0 Å². The molecule has 2 aromatic heterocycles. The van der Waals surface area contributed by atoms with Crippen LogP contribution in [0.15, 0.2) is 46.9 Å². The Morgan fingerprint density at radius 2 is 1.59 bits per heavy atom. The number of benzene rings is 1. The van der Waals surface area contributed by atoms with Gasteiger partial charge in [0.15, 0.2) is 0 Å². The van der Waals surface area contributed by atoms with Gasteiger partial charge in [0.05, 0.1) is 26.5 Å². The maximum absolute atomic E-state index is 5.84. The molecule has 0 radical (unpaired) electrons. The Hall–Kier alpha value is -2.78. The van der Waals surface area contributed by atoms with E-state index in [0.29, 0.717) is 12.5 Å². The zero-order valence-corrected chi connectivity index (χ0v) is 18.2. The van der Waals surface area contributed by atoms with E-state index in [-0.39, 0.29) is 10.6 Å². The van der Waals surface area contributed by atoms with E-state index >= 15 is 0 Å². The molecule has 0 saturated heterocycles. The lowest BCUT2D eigenvalue weighted by molar-refractivity contribution is -0.657. The Morgan fingerprint density at radius 1 is 0.966 bits per heavy atom. The first-order valence-electron chi connectivity index (χ1n) is 8.85. The number of nitrogens with zero attached hydrogens (tertiary/aromatic N) is 9. The zero-order chi connectivity index (χ0) is 21.0.